The minimum Gasteiger partial charge on any atom is -0.291 e. The van der Waals surface area contributed by atoms with Crippen LogP contribution in [-0.4, -0.2) is 14.4 Å². The Hall–Kier alpha value is -0.900. The van der Waals surface area contributed by atoms with Crippen molar-refractivity contribution in [3.05, 3.63) is 28.4 Å². The first-order chi connectivity index (χ1) is 6.24. The Kier molecular flexibility index (Phi) is 2.07. The van der Waals surface area contributed by atoms with E-state index in [2.05, 4.69) is 32.8 Å². The summed E-state index contributed by atoms with van der Waals surface area (Å²) in [5.41, 5.74) is 2.98. The monoisotopic (exact) mass is 239 g/mol. The third-order valence-electron chi connectivity index (χ3n) is 2.06. The molecule has 0 saturated carbocycles. The zero-order valence-electron chi connectivity index (χ0n) is 7.58. The molecule has 0 aliphatic heterocycles. The number of rotatable bonds is 1. The number of hydrogen-bond acceptors (Lipinski definition) is 2. The number of halogens is 1. The van der Waals surface area contributed by atoms with E-state index in [0.717, 1.165) is 28.1 Å². The van der Waals surface area contributed by atoms with Crippen molar-refractivity contribution in [2.75, 3.05) is 0 Å². The van der Waals surface area contributed by atoms with Crippen molar-refractivity contribution in [3.8, 4) is 0 Å². The molecule has 0 aromatic carbocycles. The molecule has 2 rings (SSSR count). The molecule has 0 bridgehead atoms. The summed E-state index contributed by atoms with van der Waals surface area (Å²) >= 11 is 3.52. The van der Waals surface area contributed by atoms with Gasteiger partial charge in [-0.1, -0.05) is 6.92 Å². The Morgan fingerprint density at radius 1 is 1.54 bits per heavy atom. The van der Waals surface area contributed by atoms with Gasteiger partial charge in [0.2, 0.25) is 0 Å². The second-order valence-electron chi connectivity index (χ2n) is 2.91. The van der Waals surface area contributed by atoms with Crippen LogP contribution in [0.5, 0.6) is 0 Å². The minimum atomic E-state index is 0.932. The summed E-state index contributed by atoms with van der Waals surface area (Å²) in [6.07, 6.45) is 4.63. The van der Waals surface area contributed by atoms with Gasteiger partial charge in [-0.3, -0.25) is 9.38 Å². The average Bonchev–Trinajstić information content (AvgIpc) is 2.45. The number of fused-ring (bicyclic) bond motifs is 1. The fourth-order valence-electron chi connectivity index (χ4n) is 1.35. The summed E-state index contributed by atoms with van der Waals surface area (Å²) in [4.78, 5) is 8.68. The first-order valence-corrected chi connectivity index (χ1v) is 5.01. The molecular weight excluding hydrogens is 230 g/mol. The molecule has 4 heteroatoms. The highest BCUT2D eigenvalue weighted by Crippen LogP contribution is 2.19. The number of hydrogen-bond donors (Lipinski definition) is 0. The summed E-state index contributed by atoms with van der Waals surface area (Å²) < 4.78 is 3.05. The molecule has 0 aliphatic carbocycles. The molecule has 0 N–H and O–H groups in total. The van der Waals surface area contributed by atoms with Crippen molar-refractivity contribution in [1.29, 1.82) is 0 Å². The number of nitrogens with zero attached hydrogens (tertiary/aromatic N) is 3. The van der Waals surface area contributed by atoms with Crippen LogP contribution < -0.4 is 0 Å². The van der Waals surface area contributed by atoms with Crippen LogP contribution in [0.1, 0.15) is 18.3 Å². The van der Waals surface area contributed by atoms with Crippen LogP contribution in [0.25, 0.3) is 5.65 Å². The lowest BCUT2D eigenvalue weighted by molar-refractivity contribution is 1.04. The van der Waals surface area contributed by atoms with Crippen LogP contribution in [0.2, 0.25) is 0 Å². The van der Waals surface area contributed by atoms with Crippen LogP contribution in [0.15, 0.2) is 17.0 Å². The van der Waals surface area contributed by atoms with Gasteiger partial charge in [-0.2, -0.15) is 0 Å². The van der Waals surface area contributed by atoms with Crippen molar-refractivity contribution in [2.45, 2.75) is 20.3 Å². The normalized spacial score (nSPS) is 11.0. The summed E-state index contributed by atoms with van der Waals surface area (Å²) in [5, 5.41) is 0. The first kappa shape index (κ1) is 8.69. The van der Waals surface area contributed by atoms with E-state index >= 15 is 0 Å². The predicted octanol–water partition coefficient (Wildman–Crippen LogP) is 2.36. The van der Waals surface area contributed by atoms with Crippen LogP contribution in [0.3, 0.4) is 0 Å². The van der Waals surface area contributed by atoms with Gasteiger partial charge in [-0.25, -0.2) is 4.98 Å². The van der Waals surface area contributed by atoms with Gasteiger partial charge >= 0.3 is 0 Å². The lowest BCUT2D eigenvalue weighted by Crippen LogP contribution is -1.89. The van der Waals surface area contributed by atoms with Gasteiger partial charge in [0.1, 0.15) is 4.60 Å². The highest BCUT2D eigenvalue weighted by Gasteiger charge is 2.08. The molecular formula is C9H10BrN3. The van der Waals surface area contributed by atoms with Gasteiger partial charge in [-0.05, 0) is 29.3 Å². The van der Waals surface area contributed by atoms with Gasteiger partial charge in [0.05, 0.1) is 11.4 Å². The summed E-state index contributed by atoms with van der Waals surface area (Å²) in [6.45, 7) is 4.06. The fourth-order valence-corrected chi connectivity index (χ4v) is 2.00. The Bertz CT molecular complexity index is 447. The van der Waals surface area contributed by atoms with E-state index < -0.39 is 0 Å². The summed E-state index contributed by atoms with van der Waals surface area (Å²) in [7, 11) is 0. The maximum absolute atomic E-state index is 4.48. The lowest BCUT2D eigenvalue weighted by atomic mass is 10.4. The molecule has 2 aromatic rings. The molecule has 0 amide bonds. The molecule has 0 unspecified atom stereocenters. The van der Waals surface area contributed by atoms with E-state index in [0.29, 0.717) is 0 Å². The van der Waals surface area contributed by atoms with E-state index in [-0.39, 0.29) is 0 Å². The smallest absolute Gasteiger partial charge is 0.159 e. The maximum Gasteiger partial charge on any atom is 0.159 e. The van der Waals surface area contributed by atoms with E-state index in [1.165, 1.54) is 0 Å². The Labute approximate surface area is 85.0 Å². The highest BCUT2D eigenvalue weighted by molar-refractivity contribution is 9.10. The third-order valence-corrected chi connectivity index (χ3v) is 2.90. The van der Waals surface area contributed by atoms with Gasteiger partial charge in [0.15, 0.2) is 5.65 Å². The van der Waals surface area contributed by atoms with E-state index in [4.69, 9.17) is 0 Å². The van der Waals surface area contributed by atoms with Gasteiger partial charge in [0, 0.05) is 12.4 Å². The Balaban J connectivity index is 2.83. The summed E-state index contributed by atoms with van der Waals surface area (Å²) in [5.74, 6) is 0. The molecule has 2 aromatic heterocycles. The fraction of sp³-hybridized carbons (Fsp3) is 0.333. The van der Waals surface area contributed by atoms with Crippen LogP contribution >= 0.6 is 15.9 Å². The van der Waals surface area contributed by atoms with Gasteiger partial charge in [0.25, 0.3) is 0 Å². The Morgan fingerprint density at radius 2 is 2.31 bits per heavy atom. The van der Waals surface area contributed by atoms with Crippen LogP contribution in [0, 0.1) is 6.92 Å². The predicted molar refractivity (Wildman–Crippen MR) is 54.8 cm³/mol. The second kappa shape index (κ2) is 3.10. The van der Waals surface area contributed by atoms with E-state index in [1.807, 2.05) is 17.5 Å². The Morgan fingerprint density at radius 3 is 2.92 bits per heavy atom. The minimum absolute atomic E-state index is 0.932. The van der Waals surface area contributed by atoms with Crippen LogP contribution in [0.4, 0.5) is 0 Å². The van der Waals surface area contributed by atoms with Gasteiger partial charge in [-0.15, -0.1) is 0 Å². The molecule has 13 heavy (non-hydrogen) atoms. The molecule has 3 nitrogen and oxygen atoms in total. The summed E-state index contributed by atoms with van der Waals surface area (Å²) in [6, 6.07) is 0. The molecule has 0 radical (unpaired) electrons. The number of aromatic nitrogens is 3. The standard InChI is InChI=1S/C9H10BrN3/c1-3-7-8(10)13-5-4-11-6(2)9(13)12-7/h4-5H,3H2,1-2H3. The molecule has 0 atom stereocenters. The molecule has 2 heterocycles. The van der Waals surface area contributed by atoms with E-state index in [9.17, 15) is 0 Å². The topological polar surface area (TPSA) is 30.2 Å². The van der Waals surface area contributed by atoms with Crippen molar-refractivity contribution < 1.29 is 0 Å². The van der Waals surface area contributed by atoms with Crippen molar-refractivity contribution >= 4 is 21.6 Å². The highest BCUT2D eigenvalue weighted by atomic mass is 79.9. The molecule has 0 fully saturated rings. The zero-order valence-corrected chi connectivity index (χ0v) is 9.17. The second-order valence-corrected chi connectivity index (χ2v) is 3.66. The number of imidazole rings is 1. The van der Waals surface area contributed by atoms with E-state index in [1.54, 1.807) is 6.20 Å². The zero-order chi connectivity index (χ0) is 9.42. The SMILES string of the molecule is CCc1nc2c(C)nccn2c1Br. The third kappa shape index (κ3) is 1.25. The van der Waals surface area contributed by atoms with Crippen molar-refractivity contribution in [3.63, 3.8) is 0 Å². The van der Waals surface area contributed by atoms with Gasteiger partial charge < -0.3 is 0 Å². The molecule has 0 saturated heterocycles. The molecule has 68 valence electrons. The van der Waals surface area contributed by atoms with Crippen molar-refractivity contribution in [2.24, 2.45) is 0 Å². The quantitative estimate of drug-likeness (QED) is 0.765. The average molecular weight is 240 g/mol. The van der Waals surface area contributed by atoms with Crippen molar-refractivity contribution in [1.82, 2.24) is 14.4 Å². The van der Waals surface area contributed by atoms with Crippen LogP contribution in [-0.2, 0) is 6.42 Å². The number of aryl methyl sites for hydroxylation is 2. The first-order valence-electron chi connectivity index (χ1n) is 4.22. The molecule has 0 aliphatic rings. The lowest BCUT2D eigenvalue weighted by Gasteiger charge is -1.95. The molecule has 0 spiro atoms. The largest absolute Gasteiger partial charge is 0.291 e. The maximum atomic E-state index is 4.48.